The molecule has 0 heterocycles. The Balaban J connectivity index is 2.56. The summed E-state index contributed by atoms with van der Waals surface area (Å²) in [5.41, 5.74) is 0.672. The van der Waals surface area contributed by atoms with E-state index >= 15 is 0 Å². The van der Waals surface area contributed by atoms with Crippen molar-refractivity contribution >= 4 is 33.4 Å². The van der Waals surface area contributed by atoms with Gasteiger partial charge < -0.3 is 9.87 Å². The number of nitrogens with one attached hydrogen (secondary N) is 1. The topological polar surface area (TPSA) is 66.4 Å². The van der Waals surface area contributed by atoms with Gasteiger partial charge in [0.25, 0.3) is 0 Å². The highest BCUT2D eigenvalue weighted by atomic mass is 32.2. The third-order valence-corrected chi connectivity index (χ3v) is 3.08. The first-order chi connectivity index (χ1) is 8.08. The van der Waals surface area contributed by atoms with Gasteiger partial charge in [0.1, 0.15) is 0 Å². The minimum absolute atomic E-state index is 0.147. The standard InChI is InChI=1S/C12H11NO3S/c1-8(14)13-10-5-6-11-9(7-10)3-2-4-12(11)17(15)16/h2-7H,1H3,(H,13,14)(H,15,16). The molecule has 1 atom stereocenters. The summed E-state index contributed by atoms with van der Waals surface area (Å²) in [7, 11) is 0. The Labute approximate surface area is 101 Å². The molecule has 1 unspecified atom stereocenters. The summed E-state index contributed by atoms with van der Waals surface area (Å²) in [4.78, 5) is 11.3. The summed E-state index contributed by atoms with van der Waals surface area (Å²) in [6.07, 6.45) is 0. The van der Waals surface area contributed by atoms with Gasteiger partial charge >= 0.3 is 0 Å². The van der Waals surface area contributed by atoms with Crippen LogP contribution in [-0.4, -0.2) is 14.7 Å². The number of carbonyl (C=O) groups excluding carboxylic acids is 1. The molecule has 4 nitrogen and oxygen atoms in total. The average Bonchev–Trinajstić information content (AvgIpc) is 2.26. The molecule has 2 rings (SSSR count). The number of amides is 1. The molecule has 0 radical (unpaired) electrons. The SMILES string of the molecule is CC(=O)Nc1ccc2c(S(=O)O)cccc2c1. The molecule has 0 aromatic heterocycles. The lowest BCUT2D eigenvalue weighted by Crippen LogP contribution is -2.05. The van der Waals surface area contributed by atoms with Gasteiger partial charge in [0.05, 0.1) is 4.90 Å². The second kappa shape index (κ2) is 4.65. The third kappa shape index (κ3) is 2.51. The van der Waals surface area contributed by atoms with Crippen LogP contribution in [0.25, 0.3) is 10.8 Å². The third-order valence-electron chi connectivity index (χ3n) is 2.35. The highest BCUT2D eigenvalue weighted by Crippen LogP contribution is 2.24. The van der Waals surface area contributed by atoms with Crippen molar-refractivity contribution in [3.05, 3.63) is 36.4 Å². The van der Waals surface area contributed by atoms with E-state index in [-0.39, 0.29) is 5.91 Å². The lowest BCUT2D eigenvalue weighted by molar-refractivity contribution is -0.114. The average molecular weight is 249 g/mol. The summed E-state index contributed by atoms with van der Waals surface area (Å²) >= 11 is -2.01. The lowest BCUT2D eigenvalue weighted by Gasteiger charge is -2.06. The van der Waals surface area contributed by atoms with Crippen molar-refractivity contribution in [2.75, 3.05) is 5.32 Å². The molecular formula is C12H11NO3S. The molecule has 0 saturated carbocycles. The minimum atomic E-state index is -2.01. The van der Waals surface area contributed by atoms with Crippen molar-refractivity contribution in [3.8, 4) is 0 Å². The van der Waals surface area contributed by atoms with Crippen molar-refractivity contribution in [2.45, 2.75) is 11.8 Å². The maximum atomic E-state index is 11.1. The molecule has 2 aromatic carbocycles. The van der Waals surface area contributed by atoms with Gasteiger partial charge in [-0.3, -0.25) is 4.79 Å². The Morgan fingerprint density at radius 1 is 1.29 bits per heavy atom. The van der Waals surface area contributed by atoms with Crippen LogP contribution in [0.2, 0.25) is 0 Å². The second-order valence-corrected chi connectivity index (χ2v) is 4.56. The van der Waals surface area contributed by atoms with Crippen LogP contribution < -0.4 is 5.32 Å². The highest BCUT2D eigenvalue weighted by Gasteiger charge is 2.06. The van der Waals surface area contributed by atoms with Crippen molar-refractivity contribution in [3.63, 3.8) is 0 Å². The molecular weight excluding hydrogens is 238 g/mol. The fourth-order valence-corrected chi connectivity index (χ4v) is 2.26. The molecule has 0 bridgehead atoms. The summed E-state index contributed by atoms with van der Waals surface area (Å²) in [5.74, 6) is -0.147. The van der Waals surface area contributed by atoms with E-state index in [1.165, 1.54) is 6.92 Å². The molecule has 1 amide bonds. The number of rotatable bonds is 2. The van der Waals surface area contributed by atoms with E-state index in [4.69, 9.17) is 4.55 Å². The highest BCUT2D eigenvalue weighted by molar-refractivity contribution is 7.79. The Hall–Kier alpha value is -1.72. The zero-order chi connectivity index (χ0) is 12.4. The zero-order valence-electron chi connectivity index (χ0n) is 9.14. The quantitative estimate of drug-likeness (QED) is 0.803. The van der Waals surface area contributed by atoms with Crippen molar-refractivity contribution in [1.29, 1.82) is 0 Å². The van der Waals surface area contributed by atoms with Gasteiger partial charge in [-0.25, -0.2) is 4.21 Å². The Bertz CT molecular complexity index is 610. The second-order valence-electron chi connectivity index (χ2n) is 3.62. The van der Waals surface area contributed by atoms with Gasteiger partial charge in [0.15, 0.2) is 11.1 Å². The van der Waals surface area contributed by atoms with E-state index in [2.05, 4.69) is 5.32 Å². The molecule has 2 aromatic rings. The number of carbonyl (C=O) groups is 1. The molecule has 0 aliphatic rings. The number of fused-ring (bicyclic) bond motifs is 1. The van der Waals surface area contributed by atoms with E-state index in [0.29, 0.717) is 16.0 Å². The van der Waals surface area contributed by atoms with E-state index in [1.54, 1.807) is 30.3 Å². The molecule has 0 aliphatic heterocycles. The first kappa shape index (κ1) is 11.8. The van der Waals surface area contributed by atoms with E-state index in [9.17, 15) is 9.00 Å². The van der Waals surface area contributed by atoms with Gasteiger partial charge in [-0.1, -0.05) is 18.2 Å². The maximum absolute atomic E-state index is 11.1. The van der Waals surface area contributed by atoms with Gasteiger partial charge in [0.2, 0.25) is 5.91 Å². The first-order valence-electron chi connectivity index (χ1n) is 4.99. The fourth-order valence-electron chi connectivity index (χ4n) is 1.69. The van der Waals surface area contributed by atoms with Crippen LogP contribution in [0.5, 0.6) is 0 Å². The van der Waals surface area contributed by atoms with Crippen LogP contribution in [0.1, 0.15) is 6.92 Å². The molecule has 17 heavy (non-hydrogen) atoms. The number of hydrogen-bond acceptors (Lipinski definition) is 2. The van der Waals surface area contributed by atoms with Crippen LogP contribution in [0.15, 0.2) is 41.3 Å². The Morgan fingerprint density at radius 2 is 2.06 bits per heavy atom. The number of benzene rings is 2. The van der Waals surface area contributed by atoms with Gasteiger partial charge in [-0.2, -0.15) is 0 Å². The van der Waals surface area contributed by atoms with Crippen LogP contribution in [0, 0.1) is 0 Å². The van der Waals surface area contributed by atoms with Gasteiger partial charge in [-0.15, -0.1) is 0 Å². The predicted molar refractivity (Wildman–Crippen MR) is 67.3 cm³/mol. The summed E-state index contributed by atoms with van der Waals surface area (Å²) in [6.45, 7) is 1.43. The van der Waals surface area contributed by atoms with Crippen molar-refractivity contribution in [2.24, 2.45) is 0 Å². The first-order valence-corrected chi connectivity index (χ1v) is 6.10. The molecule has 5 heteroatoms. The van der Waals surface area contributed by atoms with Crippen LogP contribution in [-0.2, 0) is 15.9 Å². The summed E-state index contributed by atoms with van der Waals surface area (Å²) in [5, 5.41) is 4.19. The Kier molecular flexibility index (Phi) is 3.21. The van der Waals surface area contributed by atoms with Gasteiger partial charge in [0, 0.05) is 18.0 Å². The normalized spacial score (nSPS) is 12.4. The monoisotopic (exact) mass is 249 g/mol. The molecule has 0 spiro atoms. The fraction of sp³-hybridized carbons (Fsp3) is 0.0833. The van der Waals surface area contributed by atoms with Crippen LogP contribution in [0.4, 0.5) is 5.69 Å². The number of anilines is 1. The van der Waals surface area contributed by atoms with Crippen molar-refractivity contribution in [1.82, 2.24) is 0 Å². The van der Waals surface area contributed by atoms with Crippen LogP contribution in [0.3, 0.4) is 0 Å². The van der Waals surface area contributed by atoms with Gasteiger partial charge in [-0.05, 0) is 23.6 Å². The Morgan fingerprint density at radius 3 is 2.71 bits per heavy atom. The number of hydrogen-bond donors (Lipinski definition) is 2. The summed E-state index contributed by atoms with van der Waals surface area (Å²) < 4.78 is 20.3. The largest absolute Gasteiger partial charge is 0.326 e. The molecule has 88 valence electrons. The molecule has 2 N–H and O–H groups in total. The smallest absolute Gasteiger partial charge is 0.221 e. The van der Waals surface area contributed by atoms with Crippen LogP contribution >= 0.6 is 0 Å². The molecule has 0 saturated heterocycles. The summed E-state index contributed by atoms with van der Waals surface area (Å²) in [6, 6.07) is 10.4. The maximum Gasteiger partial charge on any atom is 0.221 e. The van der Waals surface area contributed by atoms with E-state index in [0.717, 1.165) is 5.39 Å². The van der Waals surface area contributed by atoms with Crippen molar-refractivity contribution < 1.29 is 13.6 Å². The lowest BCUT2D eigenvalue weighted by atomic mass is 10.1. The zero-order valence-corrected chi connectivity index (χ0v) is 9.95. The molecule has 0 fully saturated rings. The molecule has 0 aliphatic carbocycles. The van der Waals surface area contributed by atoms with E-state index in [1.807, 2.05) is 6.07 Å². The minimum Gasteiger partial charge on any atom is -0.326 e. The van der Waals surface area contributed by atoms with E-state index < -0.39 is 11.1 Å². The predicted octanol–water partition coefficient (Wildman–Crippen LogP) is 2.38.